The van der Waals surface area contributed by atoms with Crippen molar-refractivity contribution >= 4 is 17.5 Å². The van der Waals surface area contributed by atoms with E-state index in [1.165, 1.54) is 0 Å². The fourth-order valence-corrected chi connectivity index (χ4v) is 3.58. The molecule has 25 heavy (non-hydrogen) atoms. The summed E-state index contributed by atoms with van der Waals surface area (Å²) >= 11 is 6.29. The van der Waals surface area contributed by atoms with Gasteiger partial charge in [0.15, 0.2) is 11.5 Å². The highest BCUT2D eigenvalue weighted by Gasteiger charge is 2.30. The van der Waals surface area contributed by atoms with Crippen molar-refractivity contribution in [1.29, 1.82) is 0 Å². The number of ether oxygens (including phenoxy) is 2. The van der Waals surface area contributed by atoms with Gasteiger partial charge in [-0.1, -0.05) is 29.8 Å². The van der Waals surface area contributed by atoms with Gasteiger partial charge in [-0.15, -0.1) is 0 Å². The maximum absolute atomic E-state index is 13.0. The summed E-state index contributed by atoms with van der Waals surface area (Å²) in [5.74, 6) is 1.21. The monoisotopic (exact) mass is 359 g/mol. The second kappa shape index (κ2) is 7.79. The number of carbonyl (C=O) groups is 1. The number of benzene rings is 2. The van der Waals surface area contributed by atoms with Crippen LogP contribution in [0.25, 0.3) is 0 Å². The molecule has 1 atom stereocenters. The zero-order valence-corrected chi connectivity index (χ0v) is 15.3. The van der Waals surface area contributed by atoms with Crippen LogP contribution in [0.2, 0.25) is 5.02 Å². The molecule has 1 aliphatic heterocycles. The van der Waals surface area contributed by atoms with E-state index in [9.17, 15) is 4.79 Å². The third-order valence-corrected chi connectivity index (χ3v) is 5.05. The lowest BCUT2D eigenvalue weighted by molar-refractivity contribution is 0.0736. The van der Waals surface area contributed by atoms with E-state index >= 15 is 0 Å². The lowest BCUT2D eigenvalue weighted by Gasteiger charge is -2.25. The van der Waals surface area contributed by atoms with Gasteiger partial charge in [-0.3, -0.25) is 4.79 Å². The first kappa shape index (κ1) is 17.6. The minimum Gasteiger partial charge on any atom is -0.493 e. The molecule has 0 bridgehead atoms. The van der Waals surface area contributed by atoms with Gasteiger partial charge < -0.3 is 14.4 Å². The van der Waals surface area contributed by atoms with Gasteiger partial charge in [0.05, 0.1) is 14.2 Å². The summed E-state index contributed by atoms with van der Waals surface area (Å²) in [6.07, 6.45) is 2.77. The topological polar surface area (TPSA) is 38.8 Å². The largest absolute Gasteiger partial charge is 0.493 e. The molecule has 1 aliphatic rings. The van der Waals surface area contributed by atoms with E-state index in [2.05, 4.69) is 0 Å². The van der Waals surface area contributed by atoms with Crippen molar-refractivity contribution in [2.24, 2.45) is 0 Å². The van der Waals surface area contributed by atoms with Crippen molar-refractivity contribution in [2.45, 2.75) is 25.3 Å². The van der Waals surface area contributed by atoms with Crippen LogP contribution >= 0.6 is 11.6 Å². The standard InChI is InChI=1S/C20H22ClNO3/c1-24-18-10-9-15(13-19(18)25-2)20(23)22-11-5-7-16(22)12-14-6-3-4-8-17(14)21/h3-4,6,8-10,13,16H,5,7,11-12H2,1-2H3. The van der Waals surface area contributed by atoms with Crippen LogP contribution in [0.1, 0.15) is 28.8 Å². The summed E-state index contributed by atoms with van der Waals surface area (Å²) in [5.41, 5.74) is 1.70. The van der Waals surface area contributed by atoms with Gasteiger partial charge in [-0.2, -0.15) is 0 Å². The summed E-state index contributed by atoms with van der Waals surface area (Å²) in [4.78, 5) is 14.9. The van der Waals surface area contributed by atoms with E-state index in [1.54, 1.807) is 32.4 Å². The van der Waals surface area contributed by atoms with Crippen LogP contribution in [0.3, 0.4) is 0 Å². The molecule has 2 aromatic carbocycles. The van der Waals surface area contributed by atoms with Crippen LogP contribution < -0.4 is 9.47 Å². The fourth-order valence-electron chi connectivity index (χ4n) is 3.37. The molecule has 0 N–H and O–H groups in total. The van der Waals surface area contributed by atoms with Crippen molar-refractivity contribution in [2.75, 3.05) is 20.8 Å². The number of amides is 1. The summed E-state index contributed by atoms with van der Waals surface area (Å²) in [7, 11) is 3.15. The Kier molecular flexibility index (Phi) is 5.49. The number of methoxy groups -OCH3 is 2. The molecule has 1 amide bonds. The van der Waals surface area contributed by atoms with E-state index in [0.29, 0.717) is 17.1 Å². The van der Waals surface area contributed by atoms with Gasteiger partial charge in [-0.05, 0) is 49.1 Å². The second-order valence-corrected chi connectivity index (χ2v) is 6.57. The Morgan fingerprint density at radius 3 is 2.64 bits per heavy atom. The molecule has 0 aromatic heterocycles. The van der Waals surface area contributed by atoms with E-state index < -0.39 is 0 Å². The number of rotatable bonds is 5. The Balaban J connectivity index is 1.80. The van der Waals surface area contributed by atoms with Crippen molar-refractivity contribution < 1.29 is 14.3 Å². The molecular weight excluding hydrogens is 338 g/mol. The Bertz CT molecular complexity index is 762. The van der Waals surface area contributed by atoms with Crippen LogP contribution in [-0.4, -0.2) is 37.6 Å². The van der Waals surface area contributed by atoms with Gasteiger partial charge in [0.1, 0.15) is 0 Å². The maximum atomic E-state index is 13.0. The van der Waals surface area contributed by atoms with E-state index in [1.807, 2.05) is 29.2 Å². The molecule has 0 radical (unpaired) electrons. The Hall–Kier alpha value is -2.20. The van der Waals surface area contributed by atoms with Gasteiger partial charge in [0, 0.05) is 23.2 Å². The van der Waals surface area contributed by atoms with Crippen molar-refractivity contribution in [1.82, 2.24) is 4.90 Å². The highest BCUT2D eigenvalue weighted by molar-refractivity contribution is 6.31. The van der Waals surface area contributed by atoms with Gasteiger partial charge in [0.2, 0.25) is 0 Å². The average Bonchev–Trinajstić information content (AvgIpc) is 3.10. The zero-order valence-electron chi connectivity index (χ0n) is 14.5. The summed E-state index contributed by atoms with van der Waals surface area (Å²) < 4.78 is 10.6. The van der Waals surface area contributed by atoms with Crippen LogP contribution in [-0.2, 0) is 6.42 Å². The smallest absolute Gasteiger partial charge is 0.254 e. The molecule has 0 spiro atoms. The Labute approximate surface area is 153 Å². The first-order valence-corrected chi connectivity index (χ1v) is 8.78. The van der Waals surface area contributed by atoms with Gasteiger partial charge in [-0.25, -0.2) is 0 Å². The average molecular weight is 360 g/mol. The fraction of sp³-hybridized carbons (Fsp3) is 0.350. The van der Waals surface area contributed by atoms with E-state index in [-0.39, 0.29) is 11.9 Å². The minimum absolute atomic E-state index is 0.0236. The van der Waals surface area contributed by atoms with Gasteiger partial charge >= 0.3 is 0 Å². The van der Waals surface area contributed by atoms with E-state index in [0.717, 1.165) is 36.4 Å². The molecule has 0 saturated carbocycles. The summed E-state index contributed by atoms with van der Waals surface area (Å²) in [5, 5.41) is 0.757. The lowest BCUT2D eigenvalue weighted by atomic mass is 10.0. The lowest BCUT2D eigenvalue weighted by Crippen LogP contribution is -2.36. The van der Waals surface area contributed by atoms with Crippen molar-refractivity contribution in [3.63, 3.8) is 0 Å². The molecule has 0 aliphatic carbocycles. The normalized spacial score (nSPS) is 16.8. The van der Waals surface area contributed by atoms with Crippen LogP contribution in [0.5, 0.6) is 11.5 Å². The molecule has 1 heterocycles. The molecule has 1 unspecified atom stereocenters. The van der Waals surface area contributed by atoms with Crippen molar-refractivity contribution in [3.05, 3.63) is 58.6 Å². The highest BCUT2D eigenvalue weighted by Crippen LogP contribution is 2.30. The van der Waals surface area contributed by atoms with Crippen LogP contribution in [0, 0.1) is 0 Å². The number of likely N-dealkylation sites (tertiary alicyclic amines) is 1. The minimum atomic E-state index is 0.0236. The second-order valence-electron chi connectivity index (χ2n) is 6.16. The molecule has 1 saturated heterocycles. The first-order chi connectivity index (χ1) is 12.1. The predicted octanol–water partition coefficient (Wildman–Crippen LogP) is 4.20. The van der Waals surface area contributed by atoms with Crippen molar-refractivity contribution in [3.8, 4) is 11.5 Å². The molecule has 2 aromatic rings. The Morgan fingerprint density at radius 2 is 1.92 bits per heavy atom. The molecule has 3 rings (SSSR count). The zero-order chi connectivity index (χ0) is 17.8. The molecular formula is C20H22ClNO3. The quantitative estimate of drug-likeness (QED) is 0.802. The third kappa shape index (κ3) is 3.74. The van der Waals surface area contributed by atoms with Gasteiger partial charge in [0.25, 0.3) is 5.91 Å². The molecule has 1 fully saturated rings. The number of carbonyl (C=O) groups excluding carboxylic acids is 1. The highest BCUT2D eigenvalue weighted by atomic mass is 35.5. The number of hydrogen-bond acceptors (Lipinski definition) is 3. The number of nitrogens with zero attached hydrogens (tertiary/aromatic N) is 1. The molecule has 5 heteroatoms. The maximum Gasteiger partial charge on any atom is 0.254 e. The van der Waals surface area contributed by atoms with E-state index in [4.69, 9.17) is 21.1 Å². The van der Waals surface area contributed by atoms with Crippen LogP contribution in [0.15, 0.2) is 42.5 Å². The number of halogens is 1. The van der Waals surface area contributed by atoms with Crippen LogP contribution in [0.4, 0.5) is 0 Å². The first-order valence-electron chi connectivity index (χ1n) is 8.40. The Morgan fingerprint density at radius 1 is 1.16 bits per heavy atom. The summed E-state index contributed by atoms with van der Waals surface area (Å²) in [6, 6.07) is 13.3. The third-order valence-electron chi connectivity index (χ3n) is 4.68. The molecule has 4 nitrogen and oxygen atoms in total. The summed E-state index contributed by atoms with van der Waals surface area (Å²) in [6.45, 7) is 0.766. The number of hydrogen-bond donors (Lipinski definition) is 0. The SMILES string of the molecule is COc1ccc(C(=O)N2CCCC2Cc2ccccc2Cl)cc1OC. The predicted molar refractivity (Wildman–Crippen MR) is 98.8 cm³/mol. The molecule has 132 valence electrons.